The predicted octanol–water partition coefficient (Wildman–Crippen LogP) is 3.78. The van der Waals surface area contributed by atoms with E-state index in [1.807, 2.05) is 48.5 Å². The average Bonchev–Trinajstić information content (AvgIpc) is 2.68. The standard InChI is InChI=1S/C21H22ClNO4/c22-18-6-4-15(5-7-18)14-27-19-3-1-2-16(12-19)13-20(24)23-10-8-17(9-11-23)21(25)26/h1-7,12,17H,8-11,13-14H2,(H,25,26). The SMILES string of the molecule is O=C(O)C1CCN(C(=O)Cc2cccc(OCc3ccc(Cl)cc3)c2)CC1. The number of carboxylic acids is 1. The molecule has 142 valence electrons. The van der Waals surface area contributed by atoms with Crippen molar-refractivity contribution in [3.05, 3.63) is 64.7 Å². The monoisotopic (exact) mass is 387 g/mol. The lowest BCUT2D eigenvalue weighted by molar-refractivity contribution is -0.145. The summed E-state index contributed by atoms with van der Waals surface area (Å²) in [6, 6.07) is 15.0. The Kier molecular flexibility index (Phi) is 6.35. The highest BCUT2D eigenvalue weighted by Gasteiger charge is 2.26. The van der Waals surface area contributed by atoms with E-state index in [2.05, 4.69) is 0 Å². The van der Waals surface area contributed by atoms with Crippen LogP contribution in [0.5, 0.6) is 5.75 Å². The van der Waals surface area contributed by atoms with Gasteiger partial charge in [0.05, 0.1) is 12.3 Å². The third-order valence-corrected chi connectivity index (χ3v) is 5.02. The zero-order valence-corrected chi connectivity index (χ0v) is 15.7. The van der Waals surface area contributed by atoms with Crippen molar-refractivity contribution >= 4 is 23.5 Å². The Labute approximate surface area is 163 Å². The van der Waals surface area contributed by atoms with Crippen molar-refractivity contribution in [1.29, 1.82) is 0 Å². The third-order valence-electron chi connectivity index (χ3n) is 4.77. The Morgan fingerprint density at radius 3 is 2.44 bits per heavy atom. The van der Waals surface area contributed by atoms with Crippen molar-refractivity contribution in [2.45, 2.75) is 25.9 Å². The zero-order valence-electron chi connectivity index (χ0n) is 14.9. The van der Waals surface area contributed by atoms with Crippen LogP contribution < -0.4 is 4.74 Å². The van der Waals surface area contributed by atoms with Gasteiger partial charge in [-0.15, -0.1) is 0 Å². The molecule has 2 aromatic rings. The Balaban J connectivity index is 1.53. The van der Waals surface area contributed by atoms with Crippen molar-refractivity contribution in [1.82, 2.24) is 4.90 Å². The molecule has 0 bridgehead atoms. The van der Waals surface area contributed by atoms with E-state index >= 15 is 0 Å². The highest BCUT2D eigenvalue weighted by molar-refractivity contribution is 6.30. The second-order valence-corrected chi connectivity index (χ2v) is 7.17. The van der Waals surface area contributed by atoms with Crippen LogP contribution in [-0.2, 0) is 22.6 Å². The molecule has 0 spiro atoms. The van der Waals surface area contributed by atoms with Crippen LogP contribution in [0.15, 0.2) is 48.5 Å². The van der Waals surface area contributed by atoms with Crippen LogP contribution in [0.4, 0.5) is 0 Å². The number of rotatable bonds is 6. The van der Waals surface area contributed by atoms with E-state index in [1.165, 1.54) is 0 Å². The highest BCUT2D eigenvalue weighted by atomic mass is 35.5. The lowest BCUT2D eigenvalue weighted by Gasteiger charge is -2.30. The summed E-state index contributed by atoms with van der Waals surface area (Å²) in [5.41, 5.74) is 1.90. The van der Waals surface area contributed by atoms with Gasteiger partial charge in [0.15, 0.2) is 0 Å². The number of hydrogen-bond donors (Lipinski definition) is 1. The Hall–Kier alpha value is -2.53. The second-order valence-electron chi connectivity index (χ2n) is 6.73. The maximum atomic E-state index is 12.5. The molecular formula is C21H22ClNO4. The number of benzene rings is 2. The molecule has 0 saturated carbocycles. The van der Waals surface area contributed by atoms with Crippen molar-refractivity contribution in [2.75, 3.05) is 13.1 Å². The van der Waals surface area contributed by atoms with Crippen LogP contribution in [0.25, 0.3) is 0 Å². The molecular weight excluding hydrogens is 366 g/mol. The minimum absolute atomic E-state index is 0.0219. The normalized spacial score (nSPS) is 14.8. The summed E-state index contributed by atoms with van der Waals surface area (Å²) in [5, 5.41) is 9.74. The molecule has 6 heteroatoms. The first-order valence-electron chi connectivity index (χ1n) is 8.98. The van der Waals surface area contributed by atoms with Crippen LogP contribution in [0.2, 0.25) is 5.02 Å². The fourth-order valence-corrected chi connectivity index (χ4v) is 3.28. The largest absolute Gasteiger partial charge is 0.489 e. The lowest BCUT2D eigenvalue weighted by Crippen LogP contribution is -2.40. The van der Waals surface area contributed by atoms with Crippen LogP contribution in [0, 0.1) is 5.92 Å². The maximum Gasteiger partial charge on any atom is 0.306 e. The summed E-state index contributed by atoms with van der Waals surface area (Å²) in [5.74, 6) is -0.375. The first-order valence-corrected chi connectivity index (χ1v) is 9.36. The predicted molar refractivity (Wildman–Crippen MR) is 103 cm³/mol. The Bertz CT molecular complexity index is 798. The number of likely N-dealkylation sites (tertiary alicyclic amines) is 1. The van der Waals surface area contributed by atoms with Crippen molar-refractivity contribution in [3.63, 3.8) is 0 Å². The molecule has 1 amide bonds. The summed E-state index contributed by atoms with van der Waals surface area (Å²) >= 11 is 5.88. The molecule has 1 aliphatic rings. The molecule has 5 nitrogen and oxygen atoms in total. The van der Waals surface area contributed by atoms with Gasteiger partial charge in [-0.3, -0.25) is 9.59 Å². The van der Waals surface area contributed by atoms with Gasteiger partial charge in [-0.05, 0) is 48.2 Å². The van der Waals surface area contributed by atoms with Crippen LogP contribution >= 0.6 is 11.6 Å². The van der Waals surface area contributed by atoms with E-state index in [4.69, 9.17) is 21.4 Å². The first kappa shape index (κ1) is 19.2. The third kappa shape index (κ3) is 5.47. The van der Waals surface area contributed by atoms with E-state index in [-0.39, 0.29) is 18.2 Å². The summed E-state index contributed by atoms with van der Waals surface area (Å²) in [6.07, 6.45) is 1.33. The molecule has 1 N–H and O–H groups in total. The number of halogens is 1. The van der Waals surface area contributed by atoms with Crippen molar-refractivity contribution in [2.24, 2.45) is 5.92 Å². The molecule has 3 rings (SSSR count). The molecule has 1 heterocycles. The van der Waals surface area contributed by atoms with E-state index in [9.17, 15) is 9.59 Å². The molecule has 0 radical (unpaired) electrons. The van der Waals surface area contributed by atoms with E-state index < -0.39 is 5.97 Å². The summed E-state index contributed by atoms with van der Waals surface area (Å²) in [6.45, 7) is 1.43. The van der Waals surface area contributed by atoms with Gasteiger partial charge in [0.1, 0.15) is 12.4 Å². The molecule has 0 aromatic heterocycles. The van der Waals surface area contributed by atoms with Gasteiger partial charge in [-0.1, -0.05) is 35.9 Å². The minimum Gasteiger partial charge on any atom is -0.489 e. The van der Waals surface area contributed by atoms with Gasteiger partial charge in [0, 0.05) is 18.1 Å². The van der Waals surface area contributed by atoms with Crippen LogP contribution in [-0.4, -0.2) is 35.0 Å². The summed E-state index contributed by atoms with van der Waals surface area (Å²) in [4.78, 5) is 25.3. The van der Waals surface area contributed by atoms with Gasteiger partial charge in [-0.2, -0.15) is 0 Å². The van der Waals surface area contributed by atoms with Gasteiger partial charge in [0.2, 0.25) is 5.91 Å². The quantitative estimate of drug-likeness (QED) is 0.819. The molecule has 0 atom stereocenters. The second kappa shape index (κ2) is 8.91. The van der Waals surface area contributed by atoms with E-state index in [0.29, 0.717) is 43.3 Å². The number of carboxylic acid groups (broad SMARTS) is 1. The molecule has 27 heavy (non-hydrogen) atoms. The molecule has 0 aliphatic carbocycles. The number of carbonyl (C=O) groups excluding carboxylic acids is 1. The molecule has 2 aromatic carbocycles. The van der Waals surface area contributed by atoms with Crippen LogP contribution in [0.1, 0.15) is 24.0 Å². The first-order chi connectivity index (χ1) is 13.0. The molecule has 1 fully saturated rings. The highest BCUT2D eigenvalue weighted by Crippen LogP contribution is 2.20. The molecule has 1 saturated heterocycles. The van der Waals surface area contributed by atoms with Gasteiger partial charge in [0.25, 0.3) is 0 Å². The zero-order chi connectivity index (χ0) is 19.2. The smallest absolute Gasteiger partial charge is 0.306 e. The number of piperidine rings is 1. The number of nitrogens with zero attached hydrogens (tertiary/aromatic N) is 1. The number of aliphatic carboxylic acids is 1. The summed E-state index contributed by atoms with van der Waals surface area (Å²) < 4.78 is 5.81. The van der Waals surface area contributed by atoms with E-state index in [1.54, 1.807) is 4.90 Å². The Morgan fingerprint density at radius 2 is 1.78 bits per heavy atom. The summed E-state index contributed by atoms with van der Waals surface area (Å²) in [7, 11) is 0. The molecule has 0 unspecified atom stereocenters. The number of amides is 1. The van der Waals surface area contributed by atoms with Crippen molar-refractivity contribution < 1.29 is 19.4 Å². The fraction of sp³-hybridized carbons (Fsp3) is 0.333. The molecule has 1 aliphatic heterocycles. The van der Waals surface area contributed by atoms with Crippen LogP contribution in [0.3, 0.4) is 0 Å². The van der Waals surface area contributed by atoms with Crippen molar-refractivity contribution in [3.8, 4) is 5.75 Å². The maximum absolute atomic E-state index is 12.5. The average molecular weight is 388 g/mol. The van der Waals surface area contributed by atoms with Gasteiger partial charge >= 0.3 is 5.97 Å². The Morgan fingerprint density at radius 1 is 1.07 bits per heavy atom. The number of carbonyl (C=O) groups is 2. The number of hydrogen-bond acceptors (Lipinski definition) is 3. The van der Waals surface area contributed by atoms with E-state index in [0.717, 1.165) is 11.1 Å². The minimum atomic E-state index is -0.771. The van der Waals surface area contributed by atoms with Gasteiger partial charge in [-0.25, -0.2) is 0 Å². The lowest BCUT2D eigenvalue weighted by atomic mass is 9.96. The van der Waals surface area contributed by atoms with Gasteiger partial charge < -0.3 is 14.7 Å². The number of ether oxygens (including phenoxy) is 1. The fourth-order valence-electron chi connectivity index (χ4n) is 3.15. The topological polar surface area (TPSA) is 66.8 Å².